The summed E-state index contributed by atoms with van der Waals surface area (Å²) >= 11 is 5.95. The van der Waals surface area contributed by atoms with Crippen LogP contribution >= 0.6 is 11.6 Å². The van der Waals surface area contributed by atoms with E-state index in [2.05, 4.69) is 43.8 Å². The number of amides is 1. The number of hydrogen-bond donors (Lipinski definition) is 0. The van der Waals surface area contributed by atoms with Crippen LogP contribution in [0.3, 0.4) is 0 Å². The highest BCUT2D eigenvalue weighted by Crippen LogP contribution is 2.28. The Morgan fingerprint density at radius 2 is 1.86 bits per heavy atom. The number of aryl methyl sites for hydroxylation is 1. The van der Waals surface area contributed by atoms with Crippen molar-refractivity contribution in [1.82, 2.24) is 29.1 Å². The molecule has 1 aliphatic heterocycles. The Labute approximate surface area is 175 Å². The third-order valence-corrected chi connectivity index (χ3v) is 5.73. The molecule has 0 radical (unpaired) electrons. The fourth-order valence-corrected chi connectivity index (χ4v) is 4.05. The molecule has 8 heteroatoms. The molecule has 0 N–H and O–H groups in total. The zero-order valence-electron chi connectivity index (χ0n) is 16.6. The van der Waals surface area contributed by atoms with Gasteiger partial charge in [0.2, 0.25) is 5.91 Å². The standard InChI is InChI=1S/C21H25ClN6O/c1-16(28-15-18(22)14-24-28)21(29)27-12-10-26(11-13-27)19(17-6-4-3-5-7-17)20-23-8-9-25(20)2/h3-9,14-16,19H,10-13H2,1-2H3/t16-,19-/m1/s1. The van der Waals surface area contributed by atoms with Gasteiger partial charge < -0.3 is 9.47 Å². The fourth-order valence-electron chi connectivity index (χ4n) is 3.90. The summed E-state index contributed by atoms with van der Waals surface area (Å²) in [6, 6.07) is 10.1. The summed E-state index contributed by atoms with van der Waals surface area (Å²) in [6.07, 6.45) is 7.05. The van der Waals surface area contributed by atoms with Gasteiger partial charge in [-0.2, -0.15) is 5.10 Å². The highest BCUT2D eigenvalue weighted by molar-refractivity contribution is 6.30. The van der Waals surface area contributed by atoms with Crippen molar-refractivity contribution < 1.29 is 4.79 Å². The van der Waals surface area contributed by atoms with Crippen LogP contribution in [0.15, 0.2) is 55.1 Å². The van der Waals surface area contributed by atoms with E-state index in [1.54, 1.807) is 17.1 Å². The van der Waals surface area contributed by atoms with Crippen LogP contribution in [-0.2, 0) is 11.8 Å². The smallest absolute Gasteiger partial charge is 0.247 e. The maximum atomic E-state index is 12.9. The summed E-state index contributed by atoms with van der Waals surface area (Å²) in [5, 5.41) is 4.71. The first-order chi connectivity index (χ1) is 14.0. The van der Waals surface area contributed by atoms with Gasteiger partial charge in [0.25, 0.3) is 0 Å². The van der Waals surface area contributed by atoms with E-state index >= 15 is 0 Å². The Hall–Kier alpha value is -2.64. The molecule has 0 aliphatic carbocycles. The molecule has 3 aromatic rings. The summed E-state index contributed by atoms with van der Waals surface area (Å²) in [7, 11) is 2.02. The molecule has 1 aliphatic rings. The minimum Gasteiger partial charge on any atom is -0.338 e. The van der Waals surface area contributed by atoms with Gasteiger partial charge in [0, 0.05) is 51.8 Å². The highest BCUT2D eigenvalue weighted by Gasteiger charge is 2.32. The third-order valence-electron chi connectivity index (χ3n) is 5.53. The number of benzene rings is 1. The molecule has 0 bridgehead atoms. The topological polar surface area (TPSA) is 59.2 Å². The Bertz CT molecular complexity index is 960. The molecule has 0 spiro atoms. The molecule has 1 fully saturated rings. The molecular formula is C21H25ClN6O. The molecular weight excluding hydrogens is 388 g/mol. The molecule has 4 rings (SSSR count). The van der Waals surface area contributed by atoms with Crippen molar-refractivity contribution in [2.75, 3.05) is 26.2 Å². The van der Waals surface area contributed by atoms with E-state index in [-0.39, 0.29) is 18.0 Å². The quantitative estimate of drug-likeness (QED) is 0.646. The number of hydrogen-bond acceptors (Lipinski definition) is 4. The lowest BCUT2D eigenvalue weighted by atomic mass is 10.0. The first-order valence-electron chi connectivity index (χ1n) is 9.79. The number of nitrogens with zero attached hydrogens (tertiary/aromatic N) is 6. The van der Waals surface area contributed by atoms with E-state index in [9.17, 15) is 4.79 Å². The van der Waals surface area contributed by atoms with E-state index in [0.29, 0.717) is 18.1 Å². The second kappa shape index (κ2) is 8.39. The number of imidazole rings is 1. The predicted octanol–water partition coefficient (Wildman–Crippen LogP) is 2.76. The number of halogens is 1. The largest absolute Gasteiger partial charge is 0.338 e. The van der Waals surface area contributed by atoms with E-state index in [4.69, 9.17) is 11.6 Å². The van der Waals surface area contributed by atoms with Crippen molar-refractivity contribution in [2.45, 2.75) is 19.0 Å². The van der Waals surface area contributed by atoms with Crippen LogP contribution in [0.2, 0.25) is 5.02 Å². The average Bonchev–Trinajstić information content (AvgIpc) is 3.37. The van der Waals surface area contributed by atoms with Crippen LogP contribution in [-0.4, -0.2) is 61.2 Å². The van der Waals surface area contributed by atoms with Gasteiger partial charge in [-0.05, 0) is 12.5 Å². The molecule has 152 valence electrons. The van der Waals surface area contributed by atoms with Gasteiger partial charge in [0.1, 0.15) is 11.9 Å². The molecule has 7 nitrogen and oxygen atoms in total. The maximum absolute atomic E-state index is 12.9. The van der Waals surface area contributed by atoms with Crippen LogP contribution < -0.4 is 0 Å². The van der Waals surface area contributed by atoms with Crippen LogP contribution in [0, 0.1) is 0 Å². The van der Waals surface area contributed by atoms with E-state index < -0.39 is 0 Å². The van der Waals surface area contributed by atoms with Gasteiger partial charge in [-0.1, -0.05) is 41.9 Å². The lowest BCUT2D eigenvalue weighted by Gasteiger charge is -2.39. The summed E-state index contributed by atoms with van der Waals surface area (Å²) in [5.41, 5.74) is 1.21. The van der Waals surface area contributed by atoms with Crippen molar-refractivity contribution in [3.05, 3.63) is 71.5 Å². The van der Waals surface area contributed by atoms with Gasteiger partial charge in [-0.3, -0.25) is 14.4 Å². The molecule has 1 saturated heterocycles. The Kier molecular flexibility index (Phi) is 5.69. The maximum Gasteiger partial charge on any atom is 0.247 e. The monoisotopic (exact) mass is 412 g/mol. The summed E-state index contributed by atoms with van der Waals surface area (Å²) in [6.45, 7) is 4.77. The molecule has 0 unspecified atom stereocenters. The lowest BCUT2D eigenvalue weighted by Crippen LogP contribution is -2.51. The van der Waals surface area contributed by atoms with Crippen LogP contribution in [0.25, 0.3) is 0 Å². The minimum atomic E-state index is -0.367. The third kappa shape index (κ3) is 4.06. The van der Waals surface area contributed by atoms with Gasteiger partial charge >= 0.3 is 0 Å². The Morgan fingerprint density at radius 3 is 2.45 bits per heavy atom. The first kappa shape index (κ1) is 19.7. The molecule has 2 atom stereocenters. The summed E-state index contributed by atoms with van der Waals surface area (Å²) in [4.78, 5) is 21.8. The zero-order chi connectivity index (χ0) is 20.4. The molecule has 2 aromatic heterocycles. The Morgan fingerprint density at radius 1 is 1.14 bits per heavy atom. The van der Waals surface area contributed by atoms with Crippen molar-refractivity contribution in [3.63, 3.8) is 0 Å². The van der Waals surface area contributed by atoms with E-state index in [0.717, 1.165) is 18.9 Å². The van der Waals surface area contributed by atoms with Gasteiger partial charge in [0.15, 0.2) is 0 Å². The van der Waals surface area contributed by atoms with Gasteiger partial charge in [-0.15, -0.1) is 0 Å². The van der Waals surface area contributed by atoms with Crippen molar-refractivity contribution in [1.29, 1.82) is 0 Å². The zero-order valence-corrected chi connectivity index (χ0v) is 17.4. The van der Waals surface area contributed by atoms with Crippen molar-refractivity contribution in [3.8, 4) is 0 Å². The van der Waals surface area contributed by atoms with Gasteiger partial charge in [0.05, 0.1) is 17.3 Å². The van der Waals surface area contributed by atoms with Crippen LogP contribution in [0.4, 0.5) is 0 Å². The normalized spacial score (nSPS) is 17.3. The van der Waals surface area contributed by atoms with E-state index in [1.807, 2.05) is 37.3 Å². The molecule has 1 aromatic carbocycles. The highest BCUT2D eigenvalue weighted by atomic mass is 35.5. The number of aromatic nitrogens is 4. The minimum absolute atomic E-state index is 0.0656. The predicted molar refractivity (Wildman–Crippen MR) is 112 cm³/mol. The summed E-state index contributed by atoms with van der Waals surface area (Å²) < 4.78 is 3.69. The van der Waals surface area contributed by atoms with Crippen LogP contribution in [0.1, 0.15) is 30.4 Å². The second-order valence-electron chi connectivity index (χ2n) is 7.39. The fraction of sp³-hybridized carbons (Fsp3) is 0.381. The number of piperazine rings is 1. The number of rotatable bonds is 5. The van der Waals surface area contributed by atoms with Crippen molar-refractivity contribution in [2.24, 2.45) is 7.05 Å². The van der Waals surface area contributed by atoms with Crippen molar-refractivity contribution >= 4 is 17.5 Å². The van der Waals surface area contributed by atoms with E-state index in [1.165, 1.54) is 5.56 Å². The first-order valence-corrected chi connectivity index (χ1v) is 10.2. The lowest BCUT2D eigenvalue weighted by molar-refractivity contribution is -0.136. The number of carbonyl (C=O) groups is 1. The second-order valence-corrected chi connectivity index (χ2v) is 7.82. The molecule has 29 heavy (non-hydrogen) atoms. The Balaban J connectivity index is 1.48. The van der Waals surface area contributed by atoms with Gasteiger partial charge in [-0.25, -0.2) is 4.98 Å². The average molecular weight is 413 g/mol. The molecule has 1 amide bonds. The van der Waals surface area contributed by atoms with Crippen LogP contribution in [0.5, 0.6) is 0 Å². The molecule has 0 saturated carbocycles. The molecule has 3 heterocycles. The summed E-state index contributed by atoms with van der Waals surface area (Å²) in [5.74, 6) is 1.08. The SMILES string of the molecule is C[C@H](C(=O)N1CCN([C@H](c2ccccc2)c2nccn2C)CC1)n1cc(Cl)cn1. The number of carbonyl (C=O) groups excluding carboxylic acids is 1.